The van der Waals surface area contributed by atoms with Gasteiger partial charge < -0.3 is 9.47 Å². The van der Waals surface area contributed by atoms with Gasteiger partial charge in [0.25, 0.3) is 5.91 Å². The van der Waals surface area contributed by atoms with E-state index in [1.54, 1.807) is 4.90 Å². The number of nitrogens with zero attached hydrogens (tertiary/aromatic N) is 2. The minimum atomic E-state index is 0.0650. The van der Waals surface area contributed by atoms with Gasteiger partial charge in [-0.1, -0.05) is 66.7 Å². The molecule has 1 aliphatic rings. The lowest BCUT2D eigenvalue weighted by atomic mass is 9.91. The molecule has 0 bridgehead atoms. The molecule has 132 valence electrons. The molecule has 1 amide bonds. The molecule has 3 heteroatoms. The lowest BCUT2D eigenvalue weighted by Gasteiger charge is -2.14. The summed E-state index contributed by atoms with van der Waals surface area (Å²) < 4.78 is 2.04. The summed E-state index contributed by atoms with van der Waals surface area (Å²) in [5, 5.41) is 3.54. The molecule has 4 aromatic rings. The van der Waals surface area contributed by atoms with Crippen LogP contribution in [0.25, 0.3) is 27.2 Å². The molecule has 0 saturated heterocycles. The van der Waals surface area contributed by atoms with E-state index in [1.165, 1.54) is 16.3 Å². The number of likely N-dealkylation sites (N-methyl/N-ethyl adjacent to an activating group) is 1. The van der Waals surface area contributed by atoms with Crippen molar-refractivity contribution in [3.8, 4) is 0 Å². The summed E-state index contributed by atoms with van der Waals surface area (Å²) in [5.41, 5.74) is 5.19. The van der Waals surface area contributed by atoms with Crippen LogP contribution >= 0.6 is 0 Å². The second kappa shape index (κ2) is 5.85. The van der Waals surface area contributed by atoms with Gasteiger partial charge in [-0.05, 0) is 28.0 Å². The number of benzene rings is 3. The smallest absolute Gasteiger partial charge is 0.271 e. The molecular weight excluding hydrogens is 332 g/mol. The molecule has 5 rings (SSSR count). The molecule has 0 aliphatic carbocycles. The molecule has 3 nitrogen and oxygen atoms in total. The SMILES string of the molecule is CN1CC=C(c2cccc3ccccc23)c2c(n(C)c3ccccc23)C1=O. The zero-order chi connectivity index (χ0) is 18.5. The molecule has 1 aromatic heterocycles. The van der Waals surface area contributed by atoms with E-state index in [-0.39, 0.29) is 5.91 Å². The van der Waals surface area contributed by atoms with Crippen LogP contribution in [0.5, 0.6) is 0 Å². The van der Waals surface area contributed by atoms with Crippen molar-refractivity contribution >= 4 is 33.2 Å². The van der Waals surface area contributed by atoms with Crippen molar-refractivity contribution in [2.24, 2.45) is 7.05 Å². The van der Waals surface area contributed by atoms with E-state index in [1.807, 2.05) is 30.8 Å². The maximum Gasteiger partial charge on any atom is 0.271 e. The van der Waals surface area contributed by atoms with Crippen molar-refractivity contribution in [2.45, 2.75) is 0 Å². The van der Waals surface area contributed by atoms with Gasteiger partial charge in [-0.3, -0.25) is 4.79 Å². The monoisotopic (exact) mass is 352 g/mol. The summed E-state index contributed by atoms with van der Waals surface area (Å²) in [7, 11) is 3.85. The van der Waals surface area contributed by atoms with Crippen LogP contribution in [0.2, 0.25) is 0 Å². The molecule has 0 saturated carbocycles. The number of aromatic nitrogens is 1. The number of hydrogen-bond donors (Lipinski definition) is 0. The van der Waals surface area contributed by atoms with Crippen LogP contribution in [-0.2, 0) is 7.05 Å². The molecule has 0 fully saturated rings. The third kappa shape index (κ3) is 2.25. The van der Waals surface area contributed by atoms with Crippen LogP contribution < -0.4 is 0 Å². The van der Waals surface area contributed by atoms with Gasteiger partial charge in [0.2, 0.25) is 0 Å². The summed E-state index contributed by atoms with van der Waals surface area (Å²) in [6.45, 7) is 0.598. The van der Waals surface area contributed by atoms with Crippen molar-refractivity contribution in [1.82, 2.24) is 9.47 Å². The number of fused-ring (bicyclic) bond motifs is 4. The van der Waals surface area contributed by atoms with Crippen molar-refractivity contribution < 1.29 is 4.79 Å². The minimum Gasteiger partial charge on any atom is -0.339 e. The van der Waals surface area contributed by atoms with E-state index in [4.69, 9.17) is 0 Å². The van der Waals surface area contributed by atoms with Gasteiger partial charge in [-0.25, -0.2) is 0 Å². The Balaban J connectivity index is 1.91. The van der Waals surface area contributed by atoms with E-state index in [0.29, 0.717) is 6.54 Å². The second-order valence-electron chi connectivity index (χ2n) is 7.13. The fraction of sp³-hybridized carbons (Fsp3) is 0.125. The first-order chi connectivity index (χ1) is 13.2. The predicted octanol–water partition coefficient (Wildman–Crippen LogP) is 4.85. The normalized spacial score (nSPS) is 14.4. The Hall–Kier alpha value is -3.33. The standard InChI is InChI=1S/C24H20N2O/c1-25-15-14-19(18-12-7-9-16-8-3-4-10-17(16)18)22-20-11-5-6-13-21(20)26(2)23(22)24(25)27/h3-14H,15H2,1-2H3. The van der Waals surface area contributed by atoms with Gasteiger partial charge >= 0.3 is 0 Å². The van der Waals surface area contributed by atoms with Gasteiger partial charge in [0.1, 0.15) is 5.69 Å². The minimum absolute atomic E-state index is 0.0650. The zero-order valence-electron chi connectivity index (χ0n) is 15.4. The number of aryl methyl sites for hydroxylation is 1. The van der Waals surface area contributed by atoms with Gasteiger partial charge in [0.15, 0.2) is 0 Å². The first kappa shape index (κ1) is 15.9. The average Bonchev–Trinajstić information content (AvgIpc) is 2.93. The summed E-state index contributed by atoms with van der Waals surface area (Å²) in [6, 6.07) is 23.1. The largest absolute Gasteiger partial charge is 0.339 e. The Labute approximate surface area is 158 Å². The zero-order valence-corrected chi connectivity index (χ0v) is 15.4. The van der Waals surface area contributed by atoms with Gasteiger partial charge in [0, 0.05) is 37.1 Å². The van der Waals surface area contributed by atoms with E-state index in [0.717, 1.165) is 27.7 Å². The van der Waals surface area contributed by atoms with Crippen molar-refractivity contribution in [1.29, 1.82) is 0 Å². The first-order valence-corrected chi connectivity index (χ1v) is 9.18. The highest BCUT2D eigenvalue weighted by Crippen LogP contribution is 2.39. The third-order valence-electron chi connectivity index (χ3n) is 5.57. The average molecular weight is 352 g/mol. The molecular formula is C24H20N2O. The number of carbonyl (C=O) groups is 1. The molecule has 0 radical (unpaired) electrons. The van der Waals surface area contributed by atoms with Crippen LogP contribution in [0.4, 0.5) is 0 Å². The molecule has 0 N–H and O–H groups in total. The summed E-state index contributed by atoms with van der Waals surface area (Å²) >= 11 is 0. The predicted molar refractivity (Wildman–Crippen MR) is 111 cm³/mol. The molecule has 0 atom stereocenters. The van der Waals surface area contributed by atoms with Crippen LogP contribution in [0.1, 0.15) is 21.6 Å². The molecule has 1 aliphatic heterocycles. The van der Waals surface area contributed by atoms with Gasteiger partial charge in [-0.15, -0.1) is 0 Å². The van der Waals surface area contributed by atoms with E-state index in [2.05, 4.69) is 60.7 Å². The number of rotatable bonds is 1. The summed E-state index contributed by atoms with van der Waals surface area (Å²) in [6.07, 6.45) is 2.19. The first-order valence-electron chi connectivity index (χ1n) is 9.18. The Kier molecular flexibility index (Phi) is 3.44. The number of hydrogen-bond acceptors (Lipinski definition) is 1. The summed E-state index contributed by atoms with van der Waals surface area (Å²) in [5.74, 6) is 0.0650. The van der Waals surface area contributed by atoms with Gasteiger partial charge in [-0.2, -0.15) is 0 Å². The second-order valence-corrected chi connectivity index (χ2v) is 7.13. The van der Waals surface area contributed by atoms with Gasteiger partial charge in [0.05, 0.1) is 0 Å². The Morgan fingerprint density at radius 2 is 1.52 bits per heavy atom. The van der Waals surface area contributed by atoms with Crippen LogP contribution in [0.3, 0.4) is 0 Å². The fourth-order valence-electron chi connectivity index (χ4n) is 4.22. The lowest BCUT2D eigenvalue weighted by molar-refractivity contribution is 0.0803. The fourth-order valence-corrected chi connectivity index (χ4v) is 4.22. The van der Waals surface area contributed by atoms with E-state index < -0.39 is 0 Å². The molecule has 2 heterocycles. The maximum absolute atomic E-state index is 13.1. The number of amides is 1. The Morgan fingerprint density at radius 1 is 0.815 bits per heavy atom. The highest BCUT2D eigenvalue weighted by molar-refractivity contribution is 6.12. The Bertz CT molecular complexity index is 1240. The highest BCUT2D eigenvalue weighted by atomic mass is 16.2. The van der Waals surface area contributed by atoms with Crippen LogP contribution in [0, 0.1) is 0 Å². The van der Waals surface area contributed by atoms with Crippen molar-refractivity contribution in [3.63, 3.8) is 0 Å². The lowest BCUT2D eigenvalue weighted by Crippen LogP contribution is -2.27. The number of carbonyl (C=O) groups excluding carboxylic acids is 1. The maximum atomic E-state index is 13.1. The molecule has 0 spiro atoms. The molecule has 27 heavy (non-hydrogen) atoms. The summed E-state index contributed by atoms with van der Waals surface area (Å²) in [4.78, 5) is 14.9. The third-order valence-corrected chi connectivity index (χ3v) is 5.57. The van der Waals surface area contributed by atoms with Crippen molar-refractivity contribution in [3.05, 3.63) is 89.6 Å². The number of para-hydroxylation sites is 1. The van der Waals surface area contributed by atoms with E-state index >= 15 is 0 Å². The highest BCUT2D eigenvalue weighted by Gasteiger charge is 2.28. The molecule has 0 unspecified atom stereocenters. The van der Waals surface area contributed by atoms with E-state index in [9.17, 15) is 4.79 Å². The van der Waals surface area contributed by atoms with Crippen LogP contribution in [0.15, 0.2) is 72.8 Å². The van der Waals surface area contributed by atoms with Crippen molar-refractivity contribution in [2.75, 3.05) is 13.6 Å². The molecule has 3 aromatic carbocycles. The topological polar surface area (TPSA) is 25.2 Å². The van der Waals surface area contributed by atoms with Crippen LogP contribution in [-0.4, -0.2) is 29.0 Å². The quantitative estimate of drug-likeness (QED) is 0.481. The Morgan fingerprint density at radius 3 is 2.37 bits per heavy atom.